The van der Waals surface area contributed by atoms with Crippen LogP contribution in [0.4, 0.5) is 17.1 Å². The molecule has 0 N–H and O–H groups in total. The molecule has 0 amide bonds. The van der Waals surface area contributed by atoms with Gasteiger partial charge in [-0.25, -0.2) is 0 Å². The van der Waals surface area contributed by atoms with Crippen LogP contribution in [0.5, 0.6) is 0 Å². The van der Waals surface area contributed by atoms with E-state index in [1.165, 1.54) is 77.2 Å². The molecule has 1 nitrogen and oxygen atoms in total. The molecule has 0 saturated carbocycles. The Labute approximate surface area is 369 Å². The van der Waals surface area contributed by atoms with E-state index in [2.05, 4.69) is 266 Å². The number of benzene rings is 11. The van der Waals surface area contributed by atoms with E-state index in [9.17, 15) is 0 Å². The highest BCUT2D eigenvalue weighted by Gasteiger charge is 2.25. The van der Waals surface area contributed by atoms with Gasteiger partial charge in [-0.3, -0.25) is 0 Å². The number of nitrogens with zero attached hydrogens (tertiary/aromatic N) is 1. The minimum absolute atomic E-state index is 1.08. The Morgan fingerprint density at radius 2 is 0.603 bits per heavy atom. The van der Waals surface area contributed by atoms with Crippen LogP contribution in [0.2, 0.25) is 0 Å². The lowest BCUT2D eigenvalue weighted by Gasteiger charge is -2.31. The molecule has 0 aromatic heterocycles. The first-order chi connectivity index (χ1) is 31.3. The van der Waals surface area contributed by atoms with Crippen LogP contribution in [0.25, 0.3) is 88.3 Å². The Hall–Kier alpha value is -8.26. The Balaban J connectivity index is 1.18. The van der Waals surface area contributed by atoms with Gasteiger partial charge in [0.25, 0.3) is 0 Å². The molecule has 0 atom stereocenters. The van der Waals surface area contributed by atoms with Crippen LogP contribution in [0.1, 0.15) is 0 Å². The summed E-state index contributed by atoms with van der Waals surface area (Å²) in [6.45, 7) is 0. The van der Waals surface area contributed by atoms with Crippen molar-refractivity contribution in [3.05, 3.63) is 261 Å². The summed E-state index contributed by atoms with van der Waals surface area (Å²) in [7, 11) is 0. The van der Waals surface area contributed by atoms with Crippen molar-refractivity contribution in [3.8, 4) is 66.8 Å². The normalized spacial score (nSPS) is 11.2. The van der Waals surface area contributed by atoms with Crippen molar-refractivity contribution < 1.29 is 0 Å². The van der Waals surface area contributed by atoms with Crippen molar-refractivity contribution >= 4 is 38.6 Å². The van der Waals surface area contributed by atoms with E-state index in [0.717, 1.165) is 28.2 Å². The van der Waals surface area contributed by atoms with E-state index in [-0.39, 0.29) is 0 Å². The fraction of sp³-hybridized carbons (Fsp3) is 0. The molecule has 11 rings (SSSR count). The summed E-state index contributed by atoms with van der Waals surface area (Å²) in [5.41, 5.74) is 17.6. The second-order valence-electron chi connectivity index (χ2n) is 16.0. The average Bonchev–Trinajstić information content (AvgIpc) is 3.37. The Bertz CT molecular complexity index is 3320. The van der Waals surface area contributed by atoms with Crippen LogP contribution in [0, 0.1) is 0 Å². The predicted molar refractivity (Wildman–Crippen MR) is 269 cm³/mol. The van der Waals surface area contributed by atoms with Gasteiger partial charge < -0.3 is 4.90 Å². The van der Waals surface area contributed by atoms with E-state index in [1.54, 1.807) is 0 Å². The van der Waals surface area contributed by atoms with Crippen LogP contribution in [0.3, 0.4) is 0 Å². The molecule has 0 aliphatic heterocycles. The molecule has 1 heteroatoms. The maximum Gasteiger partial charge on any atom is 0.0546 e. The van der Waals surface area contributed by atoms with Gasteiger partial charge >= 0.3 is 0 Å². The topological polar surface area (TPSA) is 3.24 Å². The zero-order valence-electron chi connectivity index (χ0n) is 34.8. The number of hydrogen-bond donors (Lipinski definition) is 0. The molecule has 0 heterocycles. The zero-order valence-corrected chi connectivity index (χ0v) is 34.8. The molecule has 0 spiro atoms. The van der Waals surface area contributed by atoms with Crippen LogP contribution in [-0.4, -0.2) is 0 Å². The van der Waals surface area contributed by atoms with Crippen LogP contribution in [-0.2, 0) is 0 Å². The first-order valence-corrected chi connectivity index (χ1v) is 21.7. The van der Waals surface area contributed by atoms with E-state index in [0.29, 0.717) is 0 Å². The van der Waals surface area contributed by atoms with Crippen molar-refractivity contribution in [3.63, 3.8) is 0 Å². The molecule has 296 valence electrons. The van der Waals surface area contributed by atoms with E-state index >= 15 is 0 Å². The van der Waals surface area contributed by atoms with Crippen molar-refractivity contribution in [2.24, 2.45) is 0 Å². The Morgan fingerprint density at radius 3 is 1.14 bits per heavy atom. The molecule has 0 fully saturated rings. The lowest BCUT2D eigenvalue weighted by atomic mass is 9.84. The van der Waals surface area contributed by atoms with Gasteiger partial charge in [0.2, 0.25) is 0 Å². The lowest BCUT2D eigenvalue weighted by molar-refractivity contribution is 1.30. The summed E-state index contributed by atoms with van der Waals surface area (Å²) >= 11 is 0. The van der Waals surface area contributed by atoms with Crippen molar-refractivity contribution in [1.29, 1.82) is 0 Å². The third-order valence-electron chi connectivity index (χ3n) is 12.3. The highest BCUT2D eigenvalue weighted by atomic mass is 15.1. The summed E-state index contributed by atoms with van der Waals surface area (Å²) in [4.78, 5) is 2.49. The maximum atomic E-state index is 2.49. The fourth-order valence-corrected chi connectivity index (χ4v) is 9.30. The molecule has 11 aromatic carbocycles. The molecule has 0 aliphatic carbocycles. The van der Waals surface area contributed by atoms with E-state index < -0.39 is 0 Å². The molecule has 11 aromatic rings. The smallest absolute Gasteiger partial charge is 0.0546 e. The summed E-state index contributed by atoms with van der Waals surface area (Å²) in [6.07, 6.45) is 0. The van der Waals surface area contributed by atoms with Crippen LogP contribution < -0.4 is 4.90 Å². The molecule has 0 radical (unpaired) electrons. The second kappa shape index (κ2) is 16.7. The van der Waals surface area contributed by atoms with Crippen LogP contribution in [0.15, 0.2) is 261 Å². The third-order valence-corrected chi connectivity index (χ3v) is 12.3. The fourth-order valence-electron chi connectivity index (χ4n) is 9.30. The van der Waals surface area contributed by atoms with Gasteiger partial charge in [-0.2, -0.15) is 0 Å². The number of anilines is 3. The quantitative estimate of drug-likeness (QED) is 0.131. The average molecular weight is 802 g/mol. The Kier molecular flexibility index (Phi) is 9.97. The van der Waals surface area contributed by atoms with Gasteiger partial charge in [-0.15, -0.1) is 0 Å². The first kappa shape index (κ1) is 37.7. The van der Waals surface area contributed by atoms with Crippen molar-refractivity contribution in [1.82, 2.24) is 0 Å². The largest absolute Gasteiger partial charge is 0.309 e. The summed E-state index contributed by atoms with van der Waals surface area (Å²) in [5.74, 6) is 0. The minimum Gasteiger partial charge on any atom is -0.309 e. The van der Waals surface area contributed by atoms with Crippen LogP contribution >= 0.6 is 0 Å². The Morgan fingerprint density at radius 1 is 0.222 bits per heavy atom. The third kappa shape index (κ3) is 7.16. The number of rotatable bonds is 9. The number of hydrogen-bond acceptors (Lipinski definition) is 1. The highest BCUT2D eigenvalue weighted by Crippen LogP contribution is 2.51. The van der Waals surface area contributed by atoms with Crippen molar-refractivity contribution in [2.75, 3.05) is 4.90 Å². The van der Waals surface area contributed by atoms with Gasteiger partial charge in [0.1, 0.15) is 0 Å². The highest BCUT2D eigenvalue weighted by molar-refractivity contribution is 6.25. The summed E-state index contributed by atoms with van der Waals surface area (Å²) in [6, 6.07) is 94.7. The second-order valence-corrected chi connectivity index (χ2v) is 16.0. The maximum absolute atomic E-state index is 2.49. The molecule has 0 unspecified atom stereocenters. The zero-order chi connectivity index (χ0) is 42.0. The van der Waals surface area contributed by atoms with Gasteiger partial charge in [0, 0.05) is 16.6 Å². The van der Waals surface area contributed by atoms with E-state index in [1.807, 2.05) is 0 Å². The van der Waals surface area contributed by atoms with Gasteiger partial charge in [-0.1, -0.05) is 231 Å². The first-order valence-electron chi connectivity index (χ1n) is 21.7. The minimum atomic E-state index is 1.08. The standard InChI is InChI=1S/C62H43N/c1-6-19-44(20-7-1)46-33-35-47(36-34-46)48-37-40-53(41-38-48)63(58-42-39-52(45-21-8-2-9-22-45)43-57(58)49-23-10-3-11-24-49)59-32-18-31-56-61(51-27-14-5-15-28-51)60(50-25-12-4-13-26-50)54-29-16-17-30-55(54)62(56)59/h1-43H. The SMILES string of the molecule is c1ccc(-c2ccc(-c3ccc(N(c4ccc(-c5ccccc5)cc4-c4ccccc4)c4cccc5c(-c6ccccc6)c(-c6ccccc6)c6ccccc6c45)cc3)cc2)cc1. The molecule has 63 heavy (non-hydrogen) atoms. The van der Waals surface area contributed by atoms with E-state index in [4.69, 9.17) is 0 Å². The van der Waals surface area contributed by atoms with Crippen molar-refractivity contribution in [2.45, 2.75) is 0 Å². The number of fused-ring (bicyclic) bond motifs is 3. The molecular formula is C62H43N. The van der Waals surface area contributed by atoms with Gasteiger partial charge in [-0.05, 0) is 108 Å². The molecule has 0 bridgehead atoms. The molecular weight excluding hydrogens is 759 g/mol. The molecule has 0 aliphatic rings. The summed E-state index contributed by atoms with van der Waals surface area (Å²) < 4.78 is 0. The molecule has 0 saturated heterocycles. The van der Waals surface area contributed by atoms with Gasteiger partial charge in [0.15, 0.2) is 0 Å². The monoisotopic (exact) mass is 801 g/mol. The predicted octanol–water partition coefficient (Wildman–Crippen LogP) is 17.5. The summed E-state index contributed by atoms with van der Waals surface area (Å²) in [5, 5.41) is 4.85. The lowest BCUT2D eigenvalue weighted by Crippen LogP contribution is -2.12. The van der Waals surface area contributed by atoms with Gasteiger partial charge in [0.05, 0.1) is 11.4 Å².